The number of para-hydroxylation sites is 1. The standard InChI is InChI=1S/C19H28N2O4/c1-20-10-5-4-9-19(18(20)22)14-21(11-12-25-19)13-15-7-6-8-16(23-2)17(15)24-3/h6-8H,4-5,9-14H2,1-3H3. The van der Waals surface area contributed by atoms with E-state index < -0.39 is 5.60 Å². The highest BCUT2D eigenvalue weighted by Crippen LogP contribution is 2.34. The van der Waals surface area contributed by atoms with Gasteiger partial charge in [-0.1, -0.05) is 12.1 Å². The van der Waals surface area contributed by atoms with Gasteiger partial charge in [-0.15, -0.1) is 0 Å². The third-order valence-corrected chi connectivity index (χ3v) is 5.20. The molecule has 2 saturated heterocycles. The Morgan fingerprint density at radius 2 is 2.04 bits per heavy atom. The van der Waals surface area contributed by atoms with Gasteiger partial charge in [0.2, 0.25) is 0 Å². The van der Waals surface area contributed by atoms with Crippen molar-refractivity contribution in [2.24, 2.45) is 0 Å². The van der Waals surface area contributed by atoms with Crippen molar-refractivity contribution in [3.63, 3.8) is 0 Å². The summed E-state index contributed by atoms with van der Waals surface area (Å²) in [5.41, 5.74) is 0.364. The summed E-state index contributed by atoms with van der Waals surface area (Å²) in [7, 11) is 5.18. The molecule has 6 nitrogen and oxygen atoms in total. The molecule has 0 radical (unpaired) electrons. The zero-order chi connectivity index (χ0) is 17.9. The Morgan fingerprint density at radius 1 is 1.20 bits per heavy atom. The van der Waals surface area contributed by atoms with E-state index in [-0.39, 0.29) is 5.91 Å². The Labute approximate surface area is 149 Å². The number of likely N-dealkylation sites (N-methyl/N-ethyl adjacent to an activating group) is 1. The number of likely N-dealkylation sites (tertiary alicyclic amines) is 1. The number of carbonyl (C=O) groups excluding carboxylic acids is 1. The summed E-state index contributed by atoms with van der Waals surface area (Å²) in [5, 5.41) is 0. The highest BCUT2D eigenvalue weighted by molar-refractivity contribution is 5.85. The van der Waals surface area contributed by atoms with Crippen molar-refractivity contribution < 1.29 is 19.0 Å². The fraction of sp³-hybridized carbons (Fsp3) is 0.632. The number of morpholine rings is 1. The molecule has 1 spiro atoms. The van der Waals surface area contributed by atoms with Crippen LogP contribution in [0.5, 0.6) is 11.5 Å². The number of hydrogen-bond donors (Lipinski definition) is 0. The van der Waals surface area contributed by atoms with E-state index in [1.54, 1.807) is 14.2 Å². The summed E-state index contributed by atoms with van der Waals surface area (Å²) >= 11 is 0. The van der Waals surface area contributed by atoms with Gasteiger partial charge in [0, 0.05) is 38.8 Å². The summed E-state index contributed by atoms with van der Waals surface area (Å²) in [6, 6.07) is 5.91. The first-order chi connectivity index (χ1) is 12.1. The molecule has 1 unspecified atom stereocenters. The highest BCUT2D eigenvalue weighted by Gasteiger charge is 2.45. The number of ether oxygens (including phenoxy) is 3. The lowest BCUT2D eigenvalue weighted by Gasteiger charge is -2.42. The Balaban J connectivity index is 1.79. The SMILES string of the molecule is COc1cccc(CN2CCOC3(CCCCN(C)C3=O)C2)c1OC. The van der Waals surface area contributed by atoms with Crippen molar-refractivity contribution in [1.82, 2.24) is 9.80 Å². The predicted octanol–water partition coefficient (Wildman–Crippen LogP) is 1.92. The van der Waals surface area contributed by atoms with Crippen LogP contribution < -0.4 is 9.47 Å². The van der Waals surface area contributed by atoms with E-state index in [9.17, 15) is 4.79 Å². The van der Waals surface area contributed by atoms with E-state index >= 15 is 0 Å². The van der Waals surface area contributed by atoms with Crippen LogP contribution in [-0.2, 0) is 16.1 Å². The van der Waals surface area contributed by atoms with Crippen LogP contribution in [0.25, 0.3) is 0 Å². The second-order valence-corrected chi connectivity index (χ2v) is 6.89. The van der Waals surface area contributed by atoms with Crippen LogP contribution in [0.15, 0.2) is 18.2 Å². The number of amides is 1. The van der Waals surface area contributed by atoms with Gasteiger partial charge in [0.15, 0.2) is 17.1 Å². The Morgan fingerprint density at radius 3 is 2.80 bits per heavy atom. The number of carbonyl (C=O) groups is 1. The third kappa shape index (κ3) is 3.60. The Kier molecular flexibility index (Phi) is 5.49. The molecule has 0 N–H and O–H groups in total. The van der Waals surface area contributed by atoms with E-state index in [2.05, 4.69) is 4.90 Å². The van der Waals surface area contributed by atoms with Crippen molar-refractivity contribution in [1.29, 1.82) is 0 Å². The Bertz CT molecular complexity index is 621. The van der Waals surface area contributed by atoms with Gasteiger partial charge in [-0.05, 0) is 25.3 Å². The van der Waals surface area contributed by atoms with E-state index in [4.69, 9.17) is 14.2 Å². The average molecular weight is 348 g/mol. The quantitative estimate of drug-likeness (QED) is 0.832. The number of methoxy groups -OCH3 is 2. The highest BCUT2D eigenvalue weighted by atomic mass is 16.5. The molecule has 138 valence electrons. The largest absolute Gasteiger partial charge is 0.493 e. The van der Waals surface area contributed by atoms with E-state index in [0.717, 1.165) is 49.4 Å². The molecule has 0 aromatic heterocycles. The fourth-order valence-electron chi connectivity index (χ4n) is 3.91. The van der Waals surface area contributed by atoms with Crippen LogP contribution >= 0.6 is 0 Å². The first kappa shape index (κ1) is 18.0. The minimum absolute atomic E-state index is 0.118. The number of benzene rings is 1. The van der Waals surface area contributed by atoms with Crippen LogP contribution in [0.3, 0.4) is 0 Å². The van der Waals surface area contributed by atoms with Crippen LogP contribution in [0, 0.1) is 0 Å². The summed E-state index contributed by atoms with van der Waals surface area (Å²) in [5.74, 6) is 1.61. The molecule has 6 heteroatoms. The predicted molar refractivity (Wildman–Crippen MR) is 95.0 cm³/mol. The Hall–Kier alpha value is -1.79. The maximum atomic E-state index is 12.9. The van der Waals surface area contributed by atoms with E-state index in [0.29, 0.717) is 19.7 Å². The fourth-order valence-corrected chi connectivity index (χ4v) is 3.91. The molecule has 2 heterocycles. The first-order valence-electron chi connectivity index (χ1n) is 8.91. The normalized spacial score (nSPS) is 25.1. The summed E-state index contributed by atoms with van der Waals surface area (Å²) in [4.78, 5) is 17.0. The van der Waals surface area contributed by atoms with Crippen LogP contribution in [-0.4, -0.2) is 68.8 Å². The van der Waals surface area contributed by atoms with Crippen LogP contribution in [0.2, 0.25) is 0 Å². The van der Waals surface area contributed by atoms with Crippen molar-refractivity contribution in [3.8, 4) is 11.5 Å². The van der Waals surface area contributed by atoms with Crippen molar-refractivity contribution in [3.05, 3.63) is 23.8 Å². The molecule has 2 aliphatic rings. The molecule has 0 saturated carbocycles. The smallest absolute Gasteiger partial charge is 0.255 e. The van der Waals surface area contributed by atoms with Crippen molar-refractivity contribution >= 4 is 5.91 Å². The van der Waals surface area contributed by atoms with Gasteiger partial charge in [0.05, 0.1) is 20.8 Å². The van der Waals surface area contributed by atoms with Crippen LogP contribution in [0.1, 0.15) is 24.8 Å². The maximum absolute atomic E-state index is 12.9. The van der Waals surface area contributed by atoms with Gasteiger partial charge >= 0.3 is 0 Å². The molecule has 1 aromatic carbocycles. The lowest BCUT2D eigenvalue weighted by molar-refractivity contribution is -0.169. The van der Waals surface area contributed by atoms with Gasteiger partial charge in [0.1, 0.15) is 0 Å². The molecule has 0 aliphatic carbocycles. The zero-order valence-corrected chi connectivity index (χ0v) is 15.4. The van der Waals surface area contributed by atoms with Gasteiger partial charge < -0.3 is 19.1 Å². The minimum Gasteiger partial charge on any atom is -0.493 e. The van der Waals surface area contributed by atoms with E-state index in [1.807, 2.05) is 30.1 Å². The molecule has 3 rings (SSSR count). The summed E-state index contributed by atoms with van der Waals surface area (Å²) in [6.07, 6.45) is 2.85. The molecular formula is C19H28N2O4. The first-order valence-corrected chi connectivity index (χ1v) is 8.91. The molecule has 1 aromatic rings. The third-order valence-electron chi connectivity index (χ3n) is 5.20. The molecule has 1 atom stereocenters. The van der Waals surface area contributed by atoms with E-state index in [1.165, 1.54) is 0 Å². The molecule has 2 fully saturated rings. The number of rotatable bonds is 4. The number of hydrogen-bond acceptors (Lipinski definition) is 5. The molecular weight excluding hydrogens is 320 g/mol. The second kappa shape index (κ2) is 7.62. The molecule has 0 bridgehead atoms. The topological polar surface area (TPSA) is 51.2 Å². The monoisotopic (exact) mass is 348 g/mol. The van der Waals surface area contributed by atoms with Gasteiger partial charge in [-0.3, -0.25) is 9.69 Å². The van der Waals surface area contributed by atoms with Crippen molar-refractivity contribution in [2.75, 3.05) is 47.5 Å². The molecule has 1 amide bonds. The molecule has 25 heavy (non-hydrogen) atoms. The summed E-state index contributed by atoms with van der Waals surface area (Å²) in [6.45, 7) is 3.53. The van der Waals surface area contributed by atoms with Crippen LogP contribution in [0.4, 0.5) is 0 Å². The summed E-state index contributed by atoms with van der Waals surface area (Å²) < 4.78 is 17.0. The zero-order valence-electron chi connectivity index (χ0n) is 15.4. The number of nitrogens with zero attached hydrogens (tertiary/aromatic N) is 2. The lowest BCUT2D eigenvalue weighted by atomic mass is 9.94. The van der Waals surface area contributed by atoms with Crippen molar-refractivity contribution in [2.45, 2.75) is 31.4 Å². The van der Waals surface area contributed by atoms with Gasteiger partial charge in [-0.25, -0.2) is 0 Å². The van der Waals surface area contributed by atoms with Gasteiger partial charge in [0.25, 0.3) is 5.91 Å². The average Bonchev–Trinajstić information content (AvgIpc) is 2.76. The molecule has 2 aliphatic heterocycles. The lowest BCUT2D eigenvalue weighted by Crippen LogP contribution is -2.59. The van der Waals surface area contributed by atoms with Gasteiger partial charge in [-0.2, -0.15) is 0 Å². The maximum Gasteiger partial charge on any atom is 0.255 e. The second-order valence-electron chi connectivity index (χ2n) is 6.89. The minimum atomic E-state index is -0.699.